The number of carbonyl (C=O) groups is 3. The molecule has 0 radical (unpaired) electrons. The lowest BCUT2D eigenvalue weighted by molar-refractivity contribution is -0.167. The first-order valence-electron chi connectivity index (χ1n) is 33.2. The summed E-state index contributed by atoms with van der Waals surface area (Å²) in [6.45, 7) is 6.52. The number of allylic oxidation sites excluding steroid dienone is 16. The summed E-state index contributed by atoms with van der Waals surface area (Å²) in [5.74, 6) is -0.894. The van der Waals surface area contributed by atoms with E-state index in [9.17, 15) is 14.4 Å². The molecule has 0 aliphatic carbocycles. The molecule has 0 spiro atoms. The van der Waals surface area contributed by atoms with Crippen molar-refractivity contribution in [2.45, 2.75) is 329 Å². The lowest BCUT2D eigenvalue weighted by Crippen LogP contribution is -2.30. The van der Waals surface area contributed by atoms with Crippen molar-refractivity contribution in [3.63, 3.8) is 0 Å². The summed E-state index contributed by atoms with van der Waals surface area (Å²) in [6, 6.07) is 0. The second-order valence-corrected chi connectivity index (χ2v) is 22.0. The van der Waals surface area contributed by atoms with Gasteiger partial charge in [-0.25, -0.2) is 0 Å². The third kappa shape index (κ3) is 63.2. The molecule has 0 aromatic rings. The molecule has 6 nitrogen and oxygen atoms in total. The van der Waals surface area contributed by atoms with Gasteiger partial charge in [-0.2, -0.15) is 0 Å². The van der Waals surface area contributed by atoms with Crippen molar-refractivity contribution in [3.8, 4) is 0 Å². The van der Waals surface area contributed by atoms with E-state index in [0.29, 0.717) is 19.3 Å². The zero-order valence-corrected chi connectivity index (χ0v) is 51.4. The third-order valence-electron chi connectivity index (χ3n) is 14.3. The van der Waals surface area contributed by atoms with Crippen LogP contribution in [0.1, 0.15) is 323 Å². The van der Waals surface area contributed by atoms with Crippen molar-refractivity contribution in [2.24, 2.45) is 0 Å². The average molecular weight is 1090 g/mol. The Morgan fingerprint density at radius 2 is 0.500 bits per heavy atom. The van der Waals surface area contributed by atoms with E-state index in [2.05, 4.69) is 118 Å². The Morgan fingerprint density at radius 1 is 0.269 bits per heavy atom. The standard InChI is InChI=1S/C72H124O6/c1-4-7-10-13-16-19-22-25-28-30-32-34-35-36-37-39-40-42-44-47-50-53-56-59-62-65-71(74)77-68-69(67-76-70(73)64-61-58-55-52-49-46-27-24-21-18-15-12-9-6-3)78-72(75)66-63-60-57-54-51-48-45-43-41-38-33-31-29-26-23-20-17-14-11-8-5-2/h8,11,17,20,22,24-27,29-30,32-33,35-36,38,69H,4-7,9-10,12-16,18-19,21,23,28,31,34,37,39-68H2,1-3H3/b11-8-,20-17-,25-22-,27-24-,29-26-,32-30-,36-35-,38-33-. The molecule has 0 saturated carbocycles. The summed E-state index contributed by atoms with van der Waals surface area (Å²) in [6.07, 6.45) is 88.4. The molecule has 0 aromatic carbocycles. The van der Waals surface area contributed by atoms with Crippen LogP contribution in [0.4, 0.5) is 0 Å². The highest BCUT2D eigenvalue weighted by Gasteiger charge is 2.19. The van der Waals surface area contributed by atoms with Crippen molar-refractivity contribution in [3.05, 3.63) is 97.2 Å². The van der Waals surface area contributed by atoms with E-state index in [4.69, 9.17) is 14.2 Å². The Labute approximate surface area is 483 Å². The van der Waals surface area contributed by atoms with Crippen LogP contribution in [0.5, 0.6) is 0 Å². The predicted molar refractivity (Wildman–Crippen MR) is 339 cm³/mol. The summed E-state index contributed by atoms with van der Waals surface area (Å²) in [5.41, 5.74) is 0. The van der Waals surface area contributed by atoms with Gasteiger partial charge in [0, 0.05) is 19.3 Å². The average Bonchev–Trinajstić information content (AvgIpc) is 3.44. The first kappa shape index (κ1) is 74.3. The molecular formula is C72H124O6. The van der Waals surface area contributed by atoms with E-state index in [0.717, 1.165) is 109 Å². The lowest BCUT2D eigenvalue weighted by atomic mass is 10.1. The smallest absolute Gasteiger partial charge is 0.306 e. The number of unbranched alkanes of at least 4 members (excludes halogenated alkanes) is 33. The maximum atomic E-state index is 12.9. The van der Waals surface area contributed by atoms with E-state index in [1.165, 1.54) is 173 Å². The maximum absolute atomic E-state index is 12.9. The van der Waals surface area contributed by atoms with Crippen LogP contribution < -0.4 is 0 Å². The molecule has 0 heterocycles. The topological polar surface area (TPSA) is 78.9 Å². The van der Waals surface area contributed by atoms with Gasteiger partial charge in [-0.1, -0.05) is 279 Å². The van der Waals surface area contributed by atoms with Crippen LogP contribution in [0.15, 0.2) is 97.2 Å². The highest BCUT2D eigenvalue weighted by molar-refractivity contribution is 5.71. The van der Waals surface area contributed by atoms with Gasteiger partial charge in [-0.05, 0) is 122 Å². The number of rotatable bonds is 60. The fourth-order valence-corrected chi connectivity index (χ4v) is 9.32. The second-order valence-electron chi connectivity index (χ2n) is 22.0. The van der Waals surface area contributed by atoms with Gasteiger partial charge in [0.15, 0.2) is 6.10 Å². The quantitative estimate of drug-likeness (QED) is 0.0261. The van der Waals surface area contributed by atoms with Gasteiger partial charge >= 0.3 is 17.9 Å². The van der Waals surface area contributed by atoms with E-state index in [-0.39, 0.29) is 31.1 Å². The Kier molecular flexibility index (Phi) is 62.7. The molecule has 1 atom stereocenters. The van der Waals surface area contributed by atoms with Gasteiger partial charge in [-0.15, -0.1) is 0 Å². The first-order valence-corrected chi connectivity index (χ1v) is 33.2. The molecule has 0 bridgehead atoms. The summed E-state index contributed by atoms with van der Waals surface area (Å²) >= 11 is 0. The zero-order valence-electron chi connectivity index (χ0n) is 51.4. The Balaban J connectivity index is 4.36. The minimum Gasteiger partial charge on any atom is -0.462 e. The number of hydrogen-bond acceptors (Lipinski definition) is 6. The van der Waals surface area contributed by atoms with E-state index >= 15 is 0 Å². The van der Waals surface area contributed by atoms with Crippen LogP contribution >= 0.6 is 0 Å². The Hall–Kier alpha value is -3.67. The first-order chi connectivity index (χ1) is 38.5. The predicted octanol–water partition coefficient (Wildman–Crippen LogP) is 22.8. The fourth-order valence-electron chi connectivity index (χ4n) is 9.32. The maximum Gasteiger partial charge on any atom is 0.306 e. The molecule has 6 heteroatoms. The molecule has 0 fully saturated rings. The number of hydrogen-bond donors (Lipinski definition) is 0. The minimum atomic E-state index is -0.789. The highest BCUT2D eigenvalue weighted by atomic mass is 16.6. The normalized spacial score (nSPS) is 12.7. The fraction of sp³-hybridized carbons (Fsp3) is 0.736. The van der Waals surface area contributed by atoms with Crippen LogP contribution in [-0.4, -0.2) is 37.2 Å². The van der Waals surface area contributed by atoms with Crippen LogP contribution in [0.25, 0.3) is 0 Å². The van der Waals surface area contributed by atoms with Crippen LogP contribution in [0.3, 0.4) is 0 Å². The molecule has 0 saturated heterocycles. The molecule has 0 aliphatic rings. The van der Waals surface area contributed by atoms with Crippen molar-refractivity contribution in [1.29, 1.82) is 0 Å². The van der Waals surface area contributed by atoms with Gasteiger partial charge in [0.2, 0.25) is 0 Å². The van der Waals surface area contributed by atoms with Crippen LogP contribution in [0, 0.1) is 0 Å². The Morgan fingerprint density at radius 3 is 0.795 bits per heavy atom. The van der Waals surface area contributed by atoms with E-state index < -0.39 is 6.10 Å². The SMILES string of the molecule is CC/C=C\C/C=C\C/C=C\C/C=C\CCCCCCCCCCC(=O)OC(COC(=O)CCCCCCC/C=C\CCCCCCC)COC(=O)CCCCCCCCCCCC/C=C\C/C=C\C/C=C\CCCCCCC. The molecule has 0 N–H and O–H groups in total. The zero-order chi connectivity index (χ0) is 56.4. The van der Waals surface area contributed by atoms with Gasteiger partial charge in [0.25, 0.3) is 0 Å². The van der Waals surface area contributed by atoms with Crippen molar-refractivity contribution < 1.29 is 28.6 Å². The highest BCUT2D eigenvalue weighted by Crippen LogP contribution is 2.16. The summed E-state index contributed by atoms with van der Waals surface area (Å²) in [5, 5.41) is 0. The van der Waals surface area contributed by atoms with E-state index in [1.807, 2.05) is 0 Å². The molecule has 0 aromatic heterocycles. The number of esters is 3. The number of carbonyl (C=O) groups excluding carboxylic acids is 3. The third-order valence-corrected chi connectivity index (χ3v) is 14.3. The van der Waals surface area contributed by atoms with Gasteiger partial charge in [0.05, 0.1) is 0 Å². The van der Waals surface area contributed by atoms with Gasteiger partial charge in [0.1, 0.15) is 13.2 Å². The van der Waals surface area contributed by atoms with Crippen LogP contribution in [-0.2, 0) is 28.6 Å². The Bertz CT molecular complexity index is 1530. The minimum absolute atomic E-state index is 0.0848. The van der Waals surface area contributed by atoms with Gasteiger partial charge < -0.3 is 14.2 Å². The number of ether oxygens (including phenoxy) is 3. The molecule has 78 heavy (non-hydrogen) atoms. The van der Waals surface area contributed by atoms with Crippen LogP contribution in [0.2, 0.25) is 0 Å². The second kappa shape index (κ2) is 65.8. The molecule has 448 valence electrons. The lowest BCUT2D eigenvalue weighted by Gasteiger charge is -2.18. The van der Waals surface area contributed by atoms with Crippen molar-refractivity contribution in [1.82, 2.24) is 0 Å². The van der Waals surface area contributed by atoms with Crippen molar-refractivity contribution in [2.75, 3.05) is 13.2 Å². The summed E-state index contributed by atoms with van der Waals surface area (Å²) < 4.78 is 16.9. The molecule has 1 unspecified atom stereocenters. The molecule has 0 rings (SSSR count). The summed E-state index contributed by atoms with van der Waals surface area (Å²) in [4.78, 5) is 38.4. The van der Waals surface area contributed by atoms with E-state index in [1.54, 1.807) is 0 Å². The van der Waals surface area contributed by atoms with Gasteiger partial charge in [-0.3, -0.25) is 14.4 Å². The monoisotopic (exact) mass is 1080 g/mol. The molecule has 0 aliphatic heterocycles. The molecule has 0 amide bonds. The summed E-state index contributed by atoms with van der Waals surface area (Å²) in [7, 11) is 0. The molecular weight excluding hydrogens is 961 g/mol. The van der Waals surface area contributed by atoms with Crippen molar-refractivity contribution >= 4 is 17.9 Å². The largest absolute Gasteiger partial charge is 0.462 e.